The summed E-state index contributed by atoms with van der Waals surface area (Å²) in [5.74, 6) is 0. The second-order valence-corrected chi connectivity index (χ2v) is 4.40. The van der Waals surface area contributed by atoms with E-state index >= 15 is 0 Å². The first-order valence-electron chi connectivity index (χ1n) is 4.70. The van der Waals surface area contributed by atoms with Crippen molar-refractivity contribution < 1.29 is 0 Å². The van der Waals surface area contributed by atoms with Gasteiger partial charge in [0.2, 0.25) is 0 Å². The Balaban J connectivity index is 2.15. The predicted octanol–water partition coefficient (Wildman–Crippen LogP) is 2.63. The third-order valence-corrected chi connectivity index (χ3v) is 3.46. The summed E-state index contributed by atoms with van der Waals surface area (Å²) in [6.45, 7) is 0. The van der Waals surface area contributed by atoms with Crippen LogP contribution in [0.3, 0.4) is 0 Å². The van der Waals surface area contributed by atoms with Crippen molar-refractivity contribution in [3.63, 3.8) is 0 Å². The van der Waals surface area contributed by atoms with Crippen LogP contribution in [0.4, 0.5) is 0 Å². The van der Waals surface area contributed by atoms with Crippen molar-refractivity contribution in [3.8, 4) is 0 Å². The highest BCUT2D eigenvalue weighted by atomic mass is 32.2. The summed E-state index contributed by atoms with van der Waals surface area (Å²) in [6.07, 6.45) is 5.52. The number of hydrogen-bond acceptors (Lipinski definition) is 3. The maximum atomic E-state index is 7.91. The number of nitrogens with one attached hydrogen (secondary N) is 1. The first-order chi connectivity index (χ1) is 7.36. The van der Waals surface area contributed by atoms with Gasteiger partial charge in [0, 0.05) is 22.9 Å². The van der Waals surface area contributed by atoms with E-state index in [1.807, 2.05) is 35.4 Å². The fourth-order valence-electron chi connectivity index (χ4n) is 1.77. The second-order valence-electron chi connectivity index (χ2n) is 3.37. The molecule has 2 aliphatic rings. The van der Waals surface area contributed by atoms with Crippen LogP contribution in [0.5, 0.6) is 0 Å². The zero-order valence-electron chi connectivity index (χ0n) is 7.92. The third kappa shape index (κ3) is 1.29. The fraction of sp³-hybridized carbons (Fsp3) is 0.0909. The van der Waals surface area contributed by atoms with Crippen LogP contribution in [0.1, 0.15) is 11.7 Å². The molecule has 2 aliphatic heterocycles. The zero-order valence-corrected chi connectivity index (χ0v) is 8.74. The number of thioether (sulfide) groups is 1. The smallest absolute Gasteiger partial charge is 0.167 e. The first-order valence-corrected chi connectivity index (χ1v) is 5.51. The Kier molecular flexibility index (Phi) is 1.89. The quantitative estimate of drug-likeness (QED) is 0.722. The molecule has 2 heterocycles. The molecule has 0 saturated carbocycles. The minimum atomic E-state index is -0.0417. The number of amidine groups is 1. The topological polar surface area (TPSA) is 39.5 Å². The van der Waals surface area contributed by atoms with Crippen LogP contribution in [0, 0.1) is 5.41 Å². The highest BCUT2D eigenvalue weighted by molar-refractivity contribution is 8.13. The van der Waals surface area contributed by atoms with Gasteiger partial charge in [0.25, 0.3) is 0 Å². The van der Waals surface area contributed by atoms with E-state index < -0.39 is 0 Å². The number of aliphatic imine (C=N–C) groups is 1. The molecule has 3 nitrogen and oxygen atoms in total. The minimum Gasteiger partial charge on any atom is -0.301 e. The molecule has 4 heteroatoms. The molecule has 0 bridgehead atoms. The van der Waals surface area contributed by atoms with Crippen molar-refractivity contribution in [2.45, 2.75) is 11.1 Å². The van der Waals surface area contributed by atoms with Crippen LogP contribution in [-0.2, 0) is 0 Å². The van der Waals surface area contributed by atoms with E-state index in [0.717, 1.165) is 4.90 Å². The molecular formula is C11H9N3S. The summed E-state index contributed by atoms with van der Waals surface area (Å²) < 4.78 is 0. The molecule has 0 fully saturated rings. The lowest BCUT2D eigenvalue weighted by atomic mass is 10.1. The first kappa shape index (κ1) is 8.73. The molecule has 0 radical (unpaired) electrons. The Morgan fingerprint density at radius 1 is 1.33 bits per heavy atom. The molecule has 1 unspecified atom stereocenters. The Morgan fingerprint density at radius 2 is 2.20 bits per heavy atom. The normalized spacial score (nSPS) is 22.5. The van der Waals surface area contributed by atoms with Gasteiger partial charge in [0.15, 0.2) is 11.3 Å². The van der Waals surface area contributed by atoms with Gasteiger partial charge in [-0.05, 0) is 12.1 Å². The summed E-state index contributed by atoms with van der Waals surface area (Å²) in [5.41, 5.74) is 1.18. The van der Waals surface area contributed by atoms with Crippen molar-refractivity contribution in [1.82, 2.24) is 4.90 Å². The molecule has 74 valence electrons. The molecule has 0 spiro atoms. The van der Waals surface area contributed by atoms with Crippen LogP contribution in [0.25, 0.3) is 0 Å². The van der Waals surface area contributed by atoms with Gasteiger partial charge in [-0.25, -0.2) is 0 Å². The van der Waals surface area contributed by atoms with Crippen LogP contribution >= 0.6 is 11.8 Å². The molecule has 0 aliphatic carbocycles. The summed E-state index contributed by atoms with van der Waals surface area (Å²) in [5, 5.41) is 8.44. The number of hydrogen-bond donors (Lipinski definition) is 1. The summed E-state index contributed by atoms with van der Waals surface area (Å²) >= 11 is 1.48. The number of nitrogens with zero attached hydrogens (tertiary/aromatic N) is 2. The molecule has 1 atom stereocenters. The van der Waals surface area contributed by atoms with Crippen LogP contribution < -0.4 is 0 Å². The standard InChI is InChI=1S/C11H9N3S/c12-11-14-7-3-6-13-10(14)8-4-1-2-5-9(8)15-11/h1-7,10,12H. The molecular weight excluding hydrogens is 206 g/mol. The average molecular weight is 215 g/mol. The van der Waals surface area contributed by atoms with Crippen molar-refractivity contribution in [1.29, 1.82) is 5.41 Å². The lowest BCUT2D eigenvalue weighted by Crippen LogP contribution is -2.31. The maximum Gasteiger partial charge on any atom is 0.167 e. The van der Waals surface area contributed by atoms with E-state index in [-0.39, 0.29) is 6.17 Å². The average Bonchev–Trinajstić information content (AvgIpc) is 2.30. The van der Waals surface area contributed by atoms with Gasteiger partial charge in [-0.2, -0.15) is 0 Å². The highest BCUT2D eigenvalue weighted by Crippen LogP contribution is 2.40. The van der Waals surface area contributed by atoms with Crippen molar-refractivity contribution >= 4 is 23.1 Å². The number of benzene rings is 1. The largest absolute Gasteiger partial charge is 0.301 e. The third-order valence-electron chi connectivity index (χ3n) is 2.46. The number of rotatable bonds is 0. The van der Waals surface area contributed by atoms with Gasteiger partial charge < -0.3 is 4.90 Å². The zero-order chi connectivity index (χ0) is 10.3. The lowest BCUT2D eigenvalue weighted by Gasteiger charge is -2.34. The summed E-state index contributed by atoms with van der Waals surface area (Å²) in [6, 6.07) is 8.13. The Bertz CT molecular complexity index is 478. The highest BCUT2D eigenvalue weighted by Gasteiger charge is 2.29. The molecule has 0 aromatic heterocycles. The molecule has 1 aromatic rings. The van der Waals surface area contributed by atoms with Crippen LogP contribution in [-0.4, -0.2) is 16.3 Å². The van der Waals surface area contributed by atoms with Crippen molar-refractivity contribution in [2.75, 3.05) is 0 Å². The van der Waals surface area contributed by atoms with Crippen LogP contribution in [0.2, 0.25) is 0 Å². The monoisotopic (exact) mass is 215 g/mol. The van der Waals surface area contributed by atoms with Gasteiger partial charge in [-0.15, -0.1) is 0 Å². The lowest BCUT2D eigenvalue weighted by molar-refractivity contribution is 0.419. The van der Waals surface area contributed by atoms with E-state index in [4.69, 9.17) is 5.41 Å². The van der Waals surface area contributed by atoms with E-state index in [1.54, 1.807) is 6.21 Å². The Morgan fingerprint density at radius 3 is 3.13 bits per heavy atom. The number of fused-ring (bicyclic) bond motifs is 3. The van der Waals surface area contributed by atoms with Gasteiger partial charge >= 0.3 is 0 Å². The van der Waals surface area contributed by atoms with Gasteiger partial charge in [-0.1, -0.05) is 30.0 Å². The molecule has 1 N–H and O–H groups in total. The molecule has 0 saturated heterocycles. The van der Waals surface area contributed by atoms with E-state index in [1.165, 1.54) is 17.3 Å². The predicted molar refractivity (Wildman–Crippen MR) is 62.2 cm³/mol. The van der Waals surface area contributed by atoms with Crippen molar-refractivity contribution in [3.05, 3.63) is 42.1 Å². The van der Waals surface area contributed by atoms with E-state index in [2.05, 4.69) is 11.1 Å². The Hall–Kier alpha value is -1.55. The summed E-state index contributed by atoms with van der Waals surface area (Å²) in [7, 11) is 0. The SMILES string of the molecule is N=C1Sc2ccccc2C2N=CC=CN12. The molecule has 3 rings (SSSR count). The van der Waals surface area contributed by atoms with Gasteiger partial charge in [0.1, 0.15) is 0 Å². The number of allylic oxidation sites excluding steroid dienone is 1. The van der Waals surface area contributed by atoms with E-state index in [9.17, 15) is 0 Å². The minimum absolute atomic E-state index is 0.0417. The van der Waals surface area contributed by atoms with Crippen LogP contribution in [0.15, 0.2) is 46.4 Å². The maximum absolute atomic E-state index is 7.91. The van der Waals surface area contributed by atoms with Crippen molar-refractivity contribution in [2.24, 2.45) is 4.99 Å². The van der Waals surface area contributed by atoms with Gasteiger partial charge in [0.05, 0.1) is 0 Å². The second kappa shape index (κ2) is 3.24. The molecule has 15 heavy (non-hydrogen) atoms. The molecule has 1 aromatic carbocycles. The van der Waals surface area contributed by atoms with E-state index in [0.29, 0.717) is 5.17 Å². The fourth-order valence-corrected chi connectivity index (χ4v) is 2.68. The Labute approximate surface area is 92.0 Å². The molecule has 0 amide bonds. The summed E-state index contributed by atoms with van der Waals surface area (Å²) in [4.78, 5) is 7.42. The van der Waals surface area contributed by atoms with Gasteiger partial charge in [-0.3, -0.25) is 10.4 Å².